The molecule has 2 atom stereocenters. The zero-order valence-electron chi connectivity index (χ0n) is 14.5. The molecule has 1 saturated heterocycles. The van der Waals surface area contributed by atoms with Crippen molar-refractivity contribution in [2.45, 2.75) is 32.7 Å². The van der Waals surface area contributed by atoms with Crippen LogP contribution < -0.4 is 0 Å². The van der Waals surface area contributed by atoms with E-state index in [0.29, 0.717) is 30.1 Å². The Balaban J connectivity index is 1.88. The first-order valence-electron chi connectivity index (χ1n) is 8.54. The summed E-state index contributed by atoms with van der Waals surface area (Å²) >= 11 is 0. The molecule has 0 bridgehead atoms. The molecule has 130 valence electrons. The highest BCUT2D eigenvalue weighted by Gasteiger charge is 2.35. The minimum Gasteiger partial charge on any atom is -0.480 e. The standard InChI is InChI=1S/C20H22N2O3/c1-13-10-11-22(18(12-13)20(24)25)19(23)16-8-9-17(21-14(16)2)15-6-4-3-5-7-15/h3-9,13,18H,10-12H2,1-2H3,(H,24,25). The van der Waals surface area contributed by atoms with Gasteiger partial charge in [-0.25, -0.2) is 4.79 Å². The van der Waals surface area contributed by atoms with E-state index in [0.717, 1.165) is 17.7 Å². The Kier molecular flexibility index (Phi) is 4.83. The topological polar surface area (TPSA) is 70.5 Å². The highest BCUT2D eigenvalue weighted by atomic mass is 16.4. The van der Waals surface area contributed by atoms with Gasteiger partial charge in [-0.3, -0.25) is 9.78 Å². The van der Waals surface area contributed by atoms with Crippen LogP contribution in [0.15, 0.2) is 42.5 Å². The van der Waals surface area contributed by atoms with E-state index >= 15 is 0 Å². The van der Waals surface area contributed by atoms with Crippen molar-refractivity contribution in [3.8, 4) is 11.3 Å². The number of carbonyl (C=O) groups excluding carboxylic acids is 1. The third-order valence-corrected chi connectivity index (χ3v) is 4.80. The monoisotopic (exact) mass is 338 g/mol. The maximum Gasteiger partial charge on any atom is 0.326 e. The smallest absolute Gasteiger partial charge is 0.326 e. The minimum absolute atomic E-state index is 0.246. The van der Waals surface area contributed by atoms with Crippen LogP contribution in [0, 0.1) is 12.8 Å². The number of piperidine rings is 1. The summed E-state index contributed by atoms with van der Waals surface area (Å²) in [5, 5.41) is 9.47. The van der Waals surface area contributed by atoms with Crippen LogP contribution in [0.3, 0.4) is 0 Å². The number of carboxylic acids is 1. The first kappa shape index (κ1) is 17.1. The Morgan fingerprint density at radius 2 is 1.88 bits per heavy atom. The number of nitrogens with zero attached hydrogens (tertiary/aromatic N) is 2. The van der Waals surface area contributed by atoms with Crippen molar-refractivity contribution in [3.05, 3.63) is 53.7 Å². The van der Waals surface area contributed by atoms with E-state index in [-0.39, 0.29) is 5.91 Å². The fourth-order valence-corrected chi connectivity index (χ4v) is 3.33. The number of hydrogen-bond donors (Lipinski definition) is 1. The van der Waals surface area contributed by atoms with Crippen molar-refractivity contribution in [2.24, 2.45) is 5.92 Å². The Hall–Kier alpha value is -2.69. The number of hydrogen-bond acceptors (Lipinski definition) is 3. The average Bonchev–Trinajstić information content (AvgIpc) is 2.61. The molecule has 0 aliphatic carbocycles. The van der Waals surface area contributed by atoms with E-state index in [1.807, 2.05) is 43.3 Å². The van der Waals surface area contributed by atoms with Crippen LogP contribution in [-0.4, -0.2) is 39.5 Å². The molecule has 5 nitrogen and oxygen atoms in total. The van der Waals surface area contributed by atoms with E-state index in [1.54, 1.807) is 13.0 Å². The second-order valence-electron chi connectivity index (χ2n) is 6.68. The Bertz CT molecular complexity index is 789. The van der Waals surface area contributed by atoms with Crippen molar-refractivity contribution in [1.29, 1.82) is 0 Å². The van der Waals surface area contributed by atoms with Gasteiger partial charge in [0.2, 0.25) is 0 Å². The van der Waals surface area contributed by atoms with Gasteiger partial charge in [0.1, 0.15) is 6.04 Å². The van der Waals surface area contributed by atoms with Gasteiger partial charge in [0.25, 0.3) is 5.91 Å². The molecule has 1 aromatic carbocycles. The van der Waals surface area contributed by atoms with Gasteiger partial charge in [0, 0.05) is 12.1 Å². The summed E-state index contributed by atoms with van der Waals surface area (Å²) in [5.41, 5.74) is 2.88. The molecule has 2 aromatic rings. The first-order valence-corrected chi connectivity index (χ1v) is 8.54. The lowest BCUT2D eigenvalue weighted by Crippen LogP contribution is -2.50. The Morgan fingerprint density at radius 1 is 1.16 bits per heavy atom. The number of amides is 1. The van der Waals surface area contributed by atoms with Crippen LogP contribution in [0.2, 0.25) is 0 Å². The van der Waals surface area contributed by atoms with Gasteiger partial charge in [0.05, 0.1) is 17.0 Å². The van der Waals surface area contributed by atoms with E-state index < -0.39 is 12.0 Å². The molecule has 3 rings (SSSR count). The van der Waals surface area contributed by atoms with E-state index in [2.05, 4.69) is 4.98 Å². The maximum atomic E-state index is 12.9. The summed E-state index contributed by atoms with van der Waals surface area (Å²) in [7, 11) is 0. The van der Waals surface area contributed by atoms with Crippen molar-refractivity contribution in [3.63, 3.8) is 0 Å². The second-order valence-corrected chi connectivity index (χ2v) is 6.68. The largest absolute Gasteiger partial charge is 0.480 e. The first-order chi connectivity index (χ1) is 12.0. The molecule has 1 fully saturated rings. The number of benzene rings is 1. The molecule has 25 heavy (non-hydrogen) atoms. The second kappa shape index (κ2) is 7.05. The maximum absolute atomic E-state index is 12.9. The lowest BCUT2D eigenvalue weighted by atomic mass is 9.91. The third-order valence-electron chi connectivity index (χ3n) is 4.80. The van der Waals surface area contributed by atoms with Gasteiger partial charge < -0.3 is 10.0 Å². The van der Waals surface area contributed by atoms with Crippen molar-refractivity contribution >= 4 is 11.9 Å². The van der Waals surface area contributed by atoms with Gasteiger partial charge in [-0.05, 0) is 37.8 Å². The zero-order valence-corrected chi connectivity index (χ0v) is 14.5. The molecule has 0 spiro atoms. The third kappa shape index (κ3) is 3.55. The molecule has 2 unspecified atom stereocenters. The molecular weight excluding hydrogens is 316 g/mol. The van der Waals surface area contributed by atoms with Crippen LogP contribution in [0.1, 0.15) is 35.8 Å². The van der Waals surface area contributed by atoms with E-state index in [4.69, 9.17) is 0 Å². The molecule has 1 N–H and O–H groups in total. The number of aromatic nitrogens is 1. The highest BCUT2D eigenvalue weighted by Crippen LogP contribution is 2.26. The van der Waals surface area contributed by atoms with Crippen LogP contribution in [0.4, 0.5) is 0 Å². The molecule has 2 heterocycles. The quantitative estimate of drug-likeness (QED) is 0.931. The van der Waals surface area contributed by atoms with Gasteiger partial charge in [-0.15, -0.1) is 0 Å². The van der Waals surface area contributed by atoms with Crippen molar-refractivity contribution in [1.82, 2.24) is 9.88 Å². The summed E-state index contributed by atoms with van der Waals surface area (Å²) in [5.74, 6) is -0.875. The number of rotatable bonds is 3. The van der Waals surface area contributed by atoms with Crippen LogP contribution in [-0.2, 0) is 4.79 Å². The molecule has 0 saturated carbocycles. The predicted octanol–water partition coefficient (Wildman–Crippen LogP) is 3.38. The van der Waals surface area contributed by atoms with Gasteiger partial charge in [0.15, 0.2) is 0 Å². The van der Waals surface area contributed by atoms with Gasteiger partial charge in [-0.1, -0.05) is 37.3 Å². The van der Waals surface area contributed by atoms with Crippen LogP contribution in [0.25, 0.3) is 11.3 Å². The number of aryl methyl sites for hydroxylation is 1. The van der Waals surface area contributed by atoms with Crippen molar-refractivity contribution < 1.29 is 14.7 Å². The molecule has 5 heteroatoms. The number of carboxylic acid groups (broad SMARTS) is 1. The highest BCUT2D eigenvalue weighted by molar-refractivity contribution is 5.97. The number of carbonyl (C=O) groups is 2. The number of pyridine rings is 1. The normalized spacial score (nSPS) is 20.3. The van der Waals surface area contributed by atoms with Crippen LogP contribution in [0.5, 0.6) is 0 Å². The number of likely N-dealkylation sites (tertiary alicyclic amines) is 1. The fraction of sp³-hybridized carbons (Fsp3) is 0.350. The fourth-order valence-electron chi connectivity index (χ4n) is 3.33. The number of aliphatic carboxylic acids is 1. The lowest BCUT2D eigenvalue weighted by Gasteiger charge is -2.36. The van der Waals surface area contributed by atoms with Crippen LogP contribution >= 0.6 is 0 Å². The zero-order chi connectivity index (χ0) is 18.0. The summed E-state index contributed by atoms with van der Waals surface area (Å²) in [6, 6.07) is 12.6. The predicted molar refractivity (Wildman–Crippen MR) is 95.3 cm³/mol. The molecular formula is C20H22N2O3. The van der Waals surface area contributed by atoms with Gasteiger partial charge in [-0.2, -0.15) is 0 Å². The molecule has 1 aliphatic rings. The summed E-state index contributed by atoms with van der Waals surface area (Å²) in [6.45, 7) is 4.29. The van der Waals surface area contributed by atoms with Crippen molar-refractivity contribution in [2.75, 3.05) is 6.54 Å². The Labute approximate surface area is 147 Å². The lowest BCUT2D eigenvalue weighted by molar-refractivity contribution is -0.144. The molecule has 1 aliphatic heterocycles. The van der Waals surface area contributed by atoms with E-state index in [9.17, 15) is 14.7 Å². The minimum atomic E-state index is -0.939. The molecule has 1 amide bonds. The molecule has 0 radical (unpaired) electrons. The summed E-state index contributed by atoms with van der Waals surface area (Å²) in [4.78, 5) is 30.5. The average molecular weight is 338 g/mol. The van der Waals surface area contributed by atoms with E-state index in [1.165, 1.54) is 4.90 Å². The SMILES string of the molecule is Cc1nc(-c2ccccc2)ccc1C(=O)N1CCC(C)CC1C(=O)O. The summed E-state index contributed by atoms with van der Waals surface area (Å²) < 4.78 is 0. The Morgan fingerprint density at radius 3 is 2.52 bits per heavy atom. The summed E-state index contributed by atoms with van der Waals surface area (Å²) in [6.07, 6.45) is 1.32. The van der Waals surface area contributed by atoms with Gasteiger partial charge >= 0.3 is 5.97 Å². The molecule has 1 aromatic heterocycles.